The number of hydrogen-bond donors (Lipinski definition) is 0. The first-order valence-electron chi connectivity index (χ1n) is 9.04. The summed E-state index contributed by atoms with van der Waals surface area (Å²) in [5.41, 5.74) is 1.39. The number of likely N-dealkylation sites (tertiary alicyclic amines) is 1. The van der Waals surface area contributed by atoms with E-state index < -0.39 is 0 Å². The van der Waals surface area contributed by atoms with Gasteiger partial charge in [-0.1, -0.05) is 0 Å². The molecule has 1 saturated heterocycles. The van der Waals surface area contributed by atoms with Crippen LogP contribution in [-0.2, 0) is 11.3 Å². The number of hydrogen-bond acceptors (Lipinski definition) is 5. The van der Waals surface area contributed by atoms with Gasteiger partial charge in [0.25, 0.3) is 0 Å². The molecule has 7 nitrogen and oxygen atoms in total. The van der Waals surface area contributed by atoms with Crippen LogP contribution in [0.15, 0.2) is 4.79 Å². The summed E-state index contributed by atoms with van der Waals surface area (Å²) in [6.45, 7) is 8.68. The van der Waals surface area contributed by atoms with Gasteiger partial charge in [0.1, 0.15) is 17.2 Å². The maximum atomic E-state index is 12.9. The first-order chi connectivity index (χ1) is 12.4. The number of rotatable bonds is 2. The van der Waals surface area contributed by atoms with Gasteiger partial charge >= 0.3 is 5.69 Å². The molecule has 138 valence electrons. The van der Waals surface area contributed by atoms with Gasteiger partial charge in [-0.25, -0.2) is 18.9 Å². The lowest BCUT2D eigenvalue weighted by atomic mass is 10.0. The van der Waals surface area contributed by atoms with Gasteiger partial charge in [0.05, 0.1) is 5.39 Å². The number of amides is 1. The lowest BCUT2D eigenvalue weighted by molar-refractivity contribution is -0.135. The molecule has 4 rings (SSSR count). The molecule has 0 bridgehead atoms. The zero-order valence-corrected chi connectivity index (χ0v) is 16.4. The summed E-state index contributed by atoms with van der Waals surface area (Å²) in [5.74, 6) is 0.562. The van der Waals surface area contributed by atoms with Gasteiger partial charge in [-0.15, -0.1) is 16.4 Å². The van der Waals surface area contributed by atoms with Gasteiger partial charge in [0.2, 0.25) is 5.91 Å². The second-order valence-electron chi connectivity index (χ2n) is 7.15. The number of piperidine rings is 1. The Bertz CT molecular complexity index is 1080. The molecule has 3 aromatic rings. The van der Waals surface area contributed by atoms with E-state index in [1.54, 1.807) is 18.3 Å². The van der Waals surface area contributed by atoms with Crippen LogP contribution in [0.1, 0.15) is 42.5 Å². The maximum absolute atomic E-state index is 12.9. The van der Waals surface area contributed by atoms with Gasteiger partial charge in [0.15, 0.2) is 5.65 Å². The van der Waals surface area contributed by atoms with Crippen molar-refractivity contribution < 1.29 is 4.79 Å². The zero-order chi connectivity index (χ0) is 18.6. The molecule has 1 fully saturated rings. The van der Waals surface area contributed by atoms with Crippen LogP contribution >= 0.6 is 11.3 Å². The maximum Gasteiger partial charge on any atom is 0.352 e. The van der Waals surface area contributed by atoms with Crippen molar-refractivity contribution in [1.82, 2.24) is 24.1 Å². The highest BCUT2D eigenvalue weighted by Crippen LogP contribution is 2.31. The van der Waals surface area contributed by atoms with Crippen LogP contribution in [0.2, 0.25) is 0 Å². The SMILES string of the molecule is Cc1sc2nc(C)n3c(=O)n(CC(=O)N4CCCC[C@H]4C)nc3c2c1C. The third-order valence-electron chi connectivity index (χ3n) is 5.42. The van der Waals surface area contributed by atoms with Gasteiger partial charge in [-0.05, 0) is 52.5 Å². The summed E-state index contributed by atoms with van der Waals surface area (Å²) in [5, 5.41) is 5.43. The molecular formula is C18H23N5O2S. The van der Waals surface area contributed by atoms with Crippen LogP contribution in [0.3, 0.4) is 0 Å². The number of thiophene rings is 1. The predicted molar refractivity (Wildman–Crippen MR) is 102 cm³/mol. The molecule has 0 radical (unpaired) electrons. The molecule has 0 spiro atoms. The van der Waals surface area contributed by atoms with Crippen LogP contribution < -0.4 is 5.69 Å². The van der Waals surface area contributed by atoms with E-state index >= 15 is 0 Å². The summed E-state index contributed by atoms with van der Waals surface area (Å²) in [6.07, 6.45) is 3.19. The van der Waals surface area contributed by atoms with Crippen molar-refractivity contribution >= 4 is 33.1 Å². The fraction of sp³-hybridized carbons (Fsp3) is 0.556. The highest BCUT2D eigenvalue weighted by atomic mass is 32.1. The molecule has 3 aromatic heterocycles. The Labute approximate surface area is 155 Å². The second kappa shape index (κ2) is 6.19. The lowest BCUT2D eigenvalue weighted by Crippen LogP contribution is -2.44. The minimum Gasteiger partial charge on any atom is -0.338 e. The summed E-state index contributed by atoms with van der Waals surface area (Å²) in [7, 11) is 0. The molecule has 1 atom stereocenters. The lowest BCUT2D eigenvalue weighted by Gasteiger charge is -2.33. The number of nitrogens with zero attached hydrogens (tertiary/aromatic N) is 5. The van der Waals surface area contributed by atoms with E-state index in [9.17, 15) is 9.59 Å². The third kappa shape index (κ3) is 2.55. The van der Waals surface area contributed by atoms with Crippen molar-refractivity contribution in [2.45, 2.75) is 59.5 Å². The number of fused-ring (bicyclic) bond motifs is 3. The van der Waals surface area contributed by atoms with Gasteiger partial charge in [-0.2, -0.15) is 0 Å². The molecule has 0 aliphatic carbocycles. The fourth-order valence-electron chi connectivity index (χ4n) is 3.80. The molecular weight excluding hydrogens is 350 g/mol. The number of aryl methyl sites for hydroxylation is 3. The Morgan fingerprint density at radius 3 is 2.77 bits per heavy atom. The Hall–Kier alpha value is -2.22. The number of carbonyl (C=O) groups is 1. The van der Waals surface area contributed by atoms with Crippen molar-refractivity contribution in [3.63, 3.8) is 0 Å². The van der Waals surface area contributed by atoms with Crippen molar-refractivity contribution in [1.29, 1.82) is 0 Å². The Balaban J connectivity index is 1.80. The van der Waals surface area contributed by atoms with E-state index in [-0.39, 0.29) is 24.2 Å². The van der Waals surface area contributed by atoms with Crippen LogP contribution in [-0.4, -0.2) is 42.6 Å². The predicted octanol–water partition coefficient (Wildman–Crippen LogP) is 2.43. The summed E-state index contributed by atoms with van der Waals surface area (Å²) >= 11 is 1.61. The van der Waals surface area contributed by atoms with E-state index in [1.165, 1.54) is 14.0 Å². The minimum absolute atomic E-state index is 0.0199. The monoisotopic (exact) mass is 373 g/mol. The van der Waals surface area contributed by atoms with Gasteiger partial charge in [-0.3, -0.25) is 4.79 Å². The molecule has 0 N–H and O–H groups in total. The Morgan fingerprint density at radius 1 is 1.27 bits per heavy atom. The van der Waals surface area contributed by atoms with Crippen molar-refractivity contribution in [2.24, 2.45) is 0 Å². The van der Waals surface area contributed by atoms with Crippen LogP contribution in [0.4, 0.5) is 0 Å². The molecule has 0 saturated carbocycles. The van der Waals surface area contributed by atoms with Crippen molar-refractivity contribution in [3.05, 3.63) is 26.7 Å². The molecule has 1 aliphatic rings. The highest BCUT2D eigenvalue weighted by molar-refractivity contribution is 7.18. The third-order valence-corrected chi connectivity index (χ3v) is 6.53. The Kier molecular flexibility index (Phi) is 4.10. The summed E-state index contributed by atoms with van der Waals surface area (Å²) in [6, 6.07) is 0.223. The number of carbonyl (C=O) groups excluding carboxylic acids is 1. The highest BCUT2D eigenvalue weighted by Gasteiger charge is 2.25. The van der Waals surface area contributed by atoms with Crippen LogP contribution in [0.25, 0.3) is 15.9 Å². The quantitative estimate of drug-likeness (QED) is 0.692. The van der Waals surface area contributed by atoms with Crippen molar-refractivity contribution in [2.75, 3.05) is 6.54 Å². The normalized spacial score (nSPS) is 18.2. The summed E-state index contributed by atoms with van der Waals surface area (Å²) < 4.78 is 2.81. The number of aromatic nitrogens is 4. The minimum atomic E-state index is -0.298. The van der Waals surface area contributed by atoms with E-state index in [4.69, 9.17) is 0 Å². The molecule has 0 unspecified atom stereocenters. The molecule has 0 aromatic carbocycles. The van der Waals surface area contributed by atoms with E-state index in [2.05, 4.69) is 17.0 Å². The first-order valence-corrected chi connectivity index (χ1v) is 9.85. The van der Waals surface area contributed by atoms with E-state index in [1.807, 2.05) is 18.7 Å². The molecule has 8 heteroatoms. The first kappa shape index (κ1) is 17.2. The smallest absolute Gasteiger partial charge is 0.338 e. The average molecular weight is 373 g/mol. The molecule has 1 aliphatic heterocycles. The zero-order valence-electron chi connectivity index (χ0n) is 15.6. The largest absolute Gasteiger partial charge is 0.352 e. The topological polar surface area (TPSA) is 72.5 Å². The average Bonchev–Trinajstić information content (AvgIpc) is 3.05. The molecule has 26 heavy (non-hydrogen) atoms. The van der Waals surface area contributed by atoms with E-state index in [0.29, 0.717) is 11.5 Å². The van der Waals surface area contributed by atoms with E-state index in [0.717, 1.165) is 41.6 Å². The Morgan fingerprint density at radius 2 is 2.04 bits per heavy atom. The van der Waals surface area contributed by atoms with Gasteiger partial charge < -0.3 is 4.90 Å². The van der Waals surface area contributed by atoms with Crippen molar-refractivity contribution in [3.8, 4) is 0 Å². The van der Waals surface area contributed by atoms with Crippen LogP contribution in [0.5, 0.6) is 0 Å². The summed E-state index contributed by atoms with van der Waals surface area (Å²) in [4.78, 5) is 34.1. The van der Waals surface area contributed by atoms with Crippen LogP contribution in [0, 0.1) is 20.8 Å². The second-order valence-corrected chi connectivity index (χ2v) is 8.36. The molecule has 1 amide bonds. The standard InChI is InChI=1S/C18H23N5O2S/c1-10-7-5-6-8-21(10)14(24)9-22-18(25)23-13(4)19-17-15(16(23)20-22)11(2)12(3)26-17/h10H,5-9H2,1-4H3/t10-/m1/s1. The molecule has 4 heterocycles. The fourth-order valence-corrected chi connectivity index (χ4v) is 4.87. The van der Waals surface area contributed by atoms with Gasteiger partial charge in [0, 0.05) is 17.5 Å².